The number of nitrogens with one attached hydrogen (secondary N) is 1. The Bertz CT molecular complexity index is 623. The minimum absolute atomic E-state index is 0. The van der Waals surface area contributed by atoms with E-state index in [1.807, 2.05) is 29.2 Å². The van der Waals surface area contributed by atoms with Gasteiger partial charge in [0.25, 0.3) is 0 Å². The van der Waals surface area contributed by atoms with Gasteiger partial charge in [-0.05, 0) is 25.0 Å². The molecule has 2 aromatic rings. The van der Waals surface area contributed by atoms with Crippen molar-refractivity contribution in [3.8, 4) is 0 Å². The number of H-pyrrole nitrogens is 1. The van der Waals surface area contributed by atoms with Crippen LogP contribution < -0.4 is 5.73 Å². The molecule has 3 rings (SSSR count). The van der Waals surface area contributed by atoms with Crippen molar-refractivity contribution in [2.45, 2.75) is 24.8 Å². The second-order valence-corrected chi connectivity index (χ2v) is 5.80. The predicted molar refractivity (Wildman–Crippen MR) is 99.0 cm³/mol. The maximum absolute atomic E-state index is 12.2. The standard InChI is InChI=1S/C16H22N4O2.2ClH/c1-22-10-12(17)16(21)20-8-6-11(7-9-20)15-18-13-4-2-3-5-14(13)19-15;;/h2-5,11-12H,6-10,17H2,1H3,(H,18,19);2*1H. The van der Waals surface area contributed by atoms with Gasteiger partial charge in [0.15, 0.2) is 0 Å². The maximum atomic E-state index is 12.2. The SMILES string of the molecule is COCC(N)C(=O)N1CCC(c2nc3ccccc3[nH]2)CC1.Cl.Cl. The molecule has 6 nitrogen and oxygen atoms in total. The molecule has 0 saturated carbocycles. The number of amides is 1. The van der Waals surface area contributed by atoms with Gasteiger partial charge in [-0.25, -0.2) is 4.98 Å². The lowest BCUT2D eigenvalue weighted by atomic mass is 9.96. The molecule has 0 bridgehead atoms. The molecular formula is C16H24Cl2N4O2. The van der Waals surface area contributed by atoms with Crippen molar-refractivity contribution >= 4 is 41.8 Å². The van der Waals surface area contributed by atoms with Crippen molar-refractivity contribution in [2.75, 3.05) is 26.8 Å². The van der Waals surface area contributed by atoms with Gasteiger partial charge in [-0.3, -0.25) is 4.79 Å². The van der Waals surface area contributed by atoms with E-state index in [4.69, 9.17) is 10.5 Å². The first-order chi connectivity index (χ1) is 10.7. The van der Waals surface area contributed by atoms with Crippen LogP contribution >= 0.6 is 24.8 Å². The number of piperidine rings is 1. The number of aromatic amines is 1. The smallest absolute Gasteiger partial charge is 0.241 e. The summed E-state index contributed by atoms with van der Waals surface area (Å²) in [6, 6.07) is 7.48. The van der Waals surface area contributed by atoms with E-state index in [0.717, 1.165) is 42.8 Å². The second-order valence-electron chi connectivity index (χ2n) is 5.80. The Hall–Kier alpha value is -1.34. The fourth-order valence-electron chi connectivity index (χ4n) is 3.02. The molecule has 24 heavy (non-hydrogen) atoms. The normalized spacial score (nSPS) is 16.3. The van der Waals surface area contributed by atoms with Crippen molar-refractivity contribution in [2.24, 2.45) is 5.73 Å². The lowest BCUT2D eigenvalue weighted by Crippen LogP contribution is -2.48. The average Bonchev–Trinajstić information content (AvgIpc) is 2.98. The van der Waals surface area contributed by atoms with Crippen LogP contribution in [0.25, 0.3) is 11.0 Å². The van der Waals surface area contributed by atoms with Gasteiger partial charge in [0.2, 0.25) is 5.91 Å². The third kappa shape index (κ3) is 4.39. The maximum Gasteiger partial charge on any atom is 0.241 e. The van der Waals surface area contributed by atoms with Crippen molar-refractivity contribution in [1.29, 1.82) is 0 Å². The molecule has 3 N–H and O–H groups in total. The van der Waals surface area contributed by atoms with Crippen LogP contribution in [0.1, 0.15) is 24.6 Å². The Morgan fingerprint density at radius 2 is 2.04 bits per heavy atom. The highest BCUT2D eigenvalue weighted by atomic mass is 35.5. The number of methoxy groups -OCH3 is 1. The molecule has 1 unspecified atom stereocenters. The van der Waals surface area contributed by atoms with Gasteiger partial charge in [-0.2, -0.15) is 0 Å². The number of nitrogens with zero attached hydrogens (tertiary/aromatic N) is 2. The number of carbonyl (C=O) groups excluding carboxylic acids is 1. The molecule has 1 fully saturated rings. The fraction of sp³-hybridized carbons (Fsp3) is 0.500. The molecular weight excluding hydrogens is 351 g/mol. The van der Waals surface area contributed by atoms with Crippen LogP contribution in [0.5, 0.6) is 0 Å². The average molecular weight is 375 g/mol. The Labute approximate surface area is 154 Å². The number of aromatic nitrogens is 2. The lowest BCUT2D eigenvalue weighted by molar-refractivity contribution is -0.134. The molecule has 0 aliphatic carbocycles. The topological polar surface area (TPSA) is 84.2 Å². The van der Waals surface area contributed by atoms with Crippen LogP contribution in [-0.2, 0) is 9.53 Å². The number of ether oxygens (including phenoxy) is 1. The zero-order valence-corrected chi connectivity index (χ0v) is 15.2. The van der Waals surface area contributed by atoms with Gasteiger partial charge in [0.05, 0.1) is 17.6 Å². The van der Waals surface area contributed by atoms with E-state index in [2.05, 4.69) is 9.97 Å². The molecule has 134 valence electrons. The third-order valence-corrected chi connectivity index (χ3v) is 4.26. The molecule has 1 atom stereocenters. The van der Waals surface area contributed by atoms with E-state index in [1.54, 1.807) is 7.11 Å². The Morgan fingerprint density at radius 1 is 1.38 bits per heavy atom. The molecule has 1 aliphatic heterocycles. The zero-order chi connectivity index (χ0) is 15.5. The predicted octanol–water partition coefficient (Wildman–Crippen LogP) is 2.09. The summed E-state index contributed by atoms with van der Waals surface area (Å²) < 4.78 is 4.95. The number of para-hydroxylation sites is 2. The first-order valence-corrected chi connectivity index (χ1v) is 7.67. The zero-order valence-electron chi connectivity index (χ0n) is 13.6. The Morgan fingerprint density at radius 3 is 2.67 bits per heavy atom. The van der Waals surface area contributed by atoms with Crippen molar-refractivity contribution in [3.05, 3.63) is 30.1 Å². The van der Waals surface area contributed by atoms with Crippen molar-refractivity contribution in [1.82, 2.24) is 14.9 Å². The first kappa shape index (κ1) is 20.7. The van der Waals surface area contributed by atoms with E-state index < -0.39 is 6.04 Å². The molecule has 1 aliphatic rings. The number of carbonyl (C=O) groups is 1. The highest BCUT2D eigenvalue weighted by molar-refractivity contribution is 5.85. The van der Waals surface area contributed by atoms with Crippen LogP contribution in [0.2, 0.25) is 0 Å². The van der Waals surface area contributed by atoms with E-state index in [9.17, 15) is 4.79 Å². The number of rotatable bonds is 4. The van der Waals surface area contributed by atoms with Gasteiger partial charge in [0.1, 0.15) is 11.9 Å². The number of hydrogen-bond acceptors (Lipinski definition) is 4. The minimum atomic E-state index is -0.562. The van der Waals surface area contributed by atoms with Crippen LogP contribution in [-0.4, -0.2) is 53.6 Å². The Balaban J connectivity index is 0.00000144. The molecule has 1 aromatic heterocycles. The monoisotopic (exact) mass is 374 g/mol. The van der Waals surface area contributed by atoms with Crippen LogP contribution in [0, 0.1) is 0 Å². The van der Waals surface area contributed by atoms with Crippen molar-refractivity contribution in [3.63, 3.8) is 0 Å². The molecule has 1 aromatic carbocycles. The van der Waals surface area contributed by atoms with Gasteiger partial charge in [0, 0.05) is 26.1 Å². The van der Waals surface area contributed by atoms with Gasteiger partial charge < -0.3 is 20.4 Å². The summed E-state index contributed by atoms with van der Waals surface area (Å²) in [6.45, 7) is 1.71. The number of hydrogen-bond donors (Lipinski definition) is 2. The summed E-state index contributed by atoms with van der Waals surface area (Å²) in [5.41, 5.74) is 7.89. The van der Waals surface area contributed by atoms with E-state index in [-0.39, 0.29) is 37.3 Å². The fourth-order valence-corrected chi connectivity index (χ4v) is 3.02. The number of fused-ring (bicyclic) bond motifs is 1. The largest absolute Gasteiger partial charge is 0.383 e. The Kier molecular flexibility index (Phi) is 7.96. The molecule has 1 saturated heterocycles. The summed E-state index contributed by atoms with van der Waals surface area (Å²) in [5.74, 6) is 1.37. The number of imidazole rings is 1. The minimum Gasteiger partial charge on any atom is -0.383 e. The molecule has 1 amide bonds. The van der Waals surface area contributed by atoms with Gasteiger partial charge in [-0.1, -0.05) is 12.1 Å². The summed E-state index contributed by atoms with van der Waals surface area (Å²) in [7, 11) is 1.56. The van der Waals surface area contributed by atoms with E-state index in [1.165, 1.54) is 0 Å². The van der Waals surface area contributed by atoms with Crippen LogP contribution in [0.3, 0.4) is 0 Å². The summed E-state index contributed by atoms with van der Waals surface area (Å²) in [6.07, 6.45) is 1.82. The number of nitrogens with two attached hydrogens (primary N) is 1. The van der Waals surface area contributed by atoms with Crippen LogP contribution in [0.4, 0.5) is 0 Å². The second kappa shape index (κ2) is 9.22. The molecule has 0 spiro atoms. The first-order valence-electron chi connectivity index (χ1n) is 7.67. The van der Waals surface area contributed by atoms with E-state index in [0.29, 0.717) is 5.92 Å². The summed E-state index contributed by atoms with van der Waals surface area (Å²) in [4.78, 5) is 22.1. The lowest BCUT2D eigenvalue weighted by Gasteiger charge is -2.32. The third-order valence-electron chi connectivity index (χ3n) is 4.26. The molecule has 2 heterocycles. The van der Waals surface area contributed by atoms with Gasteiger partial charge in [-0.15, -0.1) is 24.8 Å². The van der Waals surface area contributed by atoms with E-state index >= 15 is 0 Å². The number of benzene rings is 1. The number of halogens is 2. The summed E-state index contributed by atoms with van der Waals surface area (Å²) >= 11 is 0. The highest BCUT2D eigenvalue weighted by Crippen LogP contribution is 2.27. The quantitative estimate of drug-likeness (QED) is 0.857. The molecule has 0 radical (unpaired) electrons. The number of likely N-dealkylation sites (tertiary alicyclic amines) is 1. The van der Waals surface area contributed by atoms with Crippen LogP contribution in [0.15, 0.2) is 24.3 Å². The summed E-state index contributed by atoms with van der Waals surface area (Å²) in [5, 5.41) is 0. The molecule has 8 heteroatoms. The van der Waals surface area contributed by atoms with Crippen molar-refractivity contribution < 1.29 is 9.53 Å². The van der Waals surface area contributed by atoms with Gasteiger partial charge >= 0.3 is 0 Å². The highest BCUT2D eigenvalue weighted by Gasteiger charge is 2.28.